The number of anilines is 1. The number of nitrogens with zero attached hydrogens (tertiary/aromatic N) is 1. The number of ether oxygens (including phenoxy) is 4. The Morgan fingerprint density at radius 3 is 2.61 bits per heavy atom. The van der Waals surface area contributed by atoms with Crippen LogP contribution >= 0.6 is 11.6 Å². The van der Waals surface area contributed by atoms with Gasteiger partial charge in [0.05, 0.1) is 0 Å². The molecular formula is C27H23ClN2O6. The van der Waals surface area contributed by atoms with E-state index in [1.165, 1.54) is 0 Å². The van der Waals surface area contributed by atoms with Gasteiger partial charge in [-0.15, -0.1) is 0 Å². The van der Waals surface area contributed by atoms with Gasteiger partial charge in [-0.25, -0.2) is 0 Å². The van der Waals surface area contributed by atoms with Gasteiger partial charge in [0.2, 0.25) is 12.7 Å². The van der Waals surface area contributed by atoms with Gasteiger partial charge in [-0.05, 0) is 48.4 Å². The standard InChI is InChI=1S/C27H23ClN2O6/c28-17-6-8-18(9-7-17)33-14-25(31)29-10-3-11-30-21-5-2-1-4-19(21)27(26(30)32)15-34-22-13-24-23(12-20(22)27)35-16-36-24/h1-2,4-9,12-13H,3,10-11,14-16H2,(H,29,31). The van der Waals surface area contributed by atoms with Crippen LogP contribution in [0.15, 0.2) is 60.7 Å². The number of amides is 2. The van der Waals surface area contributed by atoms with Crippen molar-refractivity contribution in [2.75, 3.05) is 38.0 Å². The van der Waals surface area contributed by atoms with Crippen molar-refractivity contribution >= 4 is 29.1 Å². The predicted molar refractivity (Wildman–Crippen MR) is 132 cm³/mol. The highest BCUT2D eigenvalue weighted by molar-refractivity contribution is 6.30. The fourth-order valence-electron chi connectivity index (χ4n) is 4.98. The molecule has 1 unspecified atom stereocenters. The van der Waals surface area contributed by atoms with Gasteiger partial charge in [-0.3, -0.25) is 9.59 Å². The summed E-state index contributed by atoms with van der Waals surface area (Å²) >= 11 is 5.86. The number of fused-ring (bicyclic) bond motifs is 5. The van der Waals surface area contributed by atoms with E-state index in [0.29, 0.717) is 47.5 Å². The first-order valence-corrected chi connectivity index (χ1v) is 12.1. The maximum absolute atomic E-state index is 13.9. The molecular weight excluding hydrogens is 484 g/mol. The topological polar surface area (TPSA) is 86.3 Å². The Balaban J connectivity index is 1.12. The van der Waals surface area contributed by atoms with Crippen molar-refractivity contribution in [3.05, 3.63) is 76.8 Å². The maximum Gasteiger partial charge on any atom is 0.257 e. The lowest BCUT2D eigenvalue weighted by Gasteiger charge is -2.23. The summed E-state index contributed by atoms with van der Waals surface area (Å²) in [5.74, 6) is 2.17. The van der Waals surface area contributed by atoms with E-state index in [-0.39, 0.29) is 31.8 Å². The molecule has 184 valence electrons. The summed E-state index contributed by atoms with van der Waals surface area (Å²) in [6.45, 7) is 1.14. The number of hydrogen-bond acceptors (Lipinski definition) is 6. The summed E-state index contributed by atoms with van der Waals surface area (Å²) in [5, 5.41) is 3.45. The van der Waals surface area contributed by atoms with Crippen LogP contribution in [0.25, 0.3) is 0 Å². The largest absolute Gasteiger partial charge is 0.491 e. The average molecular weight is 507 g/mol. The van der Waals surface area contributed by atoms with Crippen LogP contribution in [0.5, 0.6) is 23.0 Å². The Morgan fingerprint density at radius 2 is 1.78 bits per heavy atom. The van der Waals surface area contributed by atoms with Gasteiger partial charge >= 0.3 is 0 Å². The van der Waals surface area contributed by atoms with Gasteiger partial charge < -0.3 is 29.2 Å². The van der Waals surface area contributed by atoms with Gasteiger partial charge in [0.15, 0.2) is 18.1 Å². The first-order chi connectivity index (χ1) is 17.6. The SMILES string of the molecule is O=C(COc1ccc(Cl)cc1)NCCCN1C(=O)C2(COc3cc4c(cc32)OCO4)c2ccccc21. The van der Waals surface area contributed by atoms with E-state index < -0.39 is 5.41 Å². The number of nitrogens with one attached hydrogen (secondary N) is 1. The lowest BCUT2D eigenvalue weighted by molar-refractivity contribution is -0.123. The van der Waals surface area contributed by atoms with Crippen LogP contribution in [-0.2, 0) is 15.0 Å². The molecule has 0 fully saturated rings. The first-order valence-electron chi connectivity index (χ1n) is 11.7. The minimum Gasteiger partial charge on any atom is -0.491 e. The summed E-state index contributed by atoms with van der Waals surface area (Å²) in [6, 6.07) is 18.3. The van der Waals surface area contributed by atoms with Crippen molar-refractivity contribution in [1.29, 1.82) is 0 Å². The second-order valence-corrected chi connectivity index (χ2v) is 9.25. The zero-order chi connectivity index (χ0) is 24.7. The van der Waals surface area contributed by atoms with E-state index in [0.717, 1.165) is 16.8 Å². The Bertz CT molecular complexity index is 1340. The summed E-state index contributed by atoms with van der Waals surface area (Å²) in [5.41, 5.74) is 1.63. The minimum atomic E-state index is -0.928. The molecule has 9 heteroatoms. The molecule has 1 N–H and O–H groups in total. The van der Waals surface area contributed by atoms with Crippen molar-refractivity contribution in [3.63, 3.8) is 0 Å². The number of carbonyl (C=O) groups excluding carboxylic acids is 2. The van der Waals surface area contributed by atoms with Crippen molar-refractivity contribution in [1.82, 2.24) is 5.32 Å². The monoisotopic (exact) mass is 506 g/mol. The van der Waals surface area contributed by atoms with E-state index in [1.807, 2.05) is 30.3 Å². The fourth-order valence-corrected chi connectivity index (χ4v) is 5.11. The number of halogens is 1. The number of hydrogen-bond donors (Lipinski definition) is 1. The zero-order valence-corrected chi connectivity index (χ0v) is 20.0. The normalized spacial score (nSPS) is 18.7. The third-order valence-electron chi connectivity index (χ3n) is 6.71. The second-order valence-electron chi connectivity index (χ2n) is 8.82. The van der Waals surface area contributed by atoms with E-state index in [4.69, 9.17) is 30.5 Å². The van der Waals surface area contributed by atoms with Crippen molar-refractivity contribution in [2.45, 2.75) is 11.8 Å². The summed E-state index contributed by atoms with van der Waals surface area (Å²) in [4.78, 5) is 27.9. The van der Waals surface area contributed by atoms with Crippen LogP contribution in [0.1, 0.15) is 17.5 Å². The second kappa shape index (κ2) is 8.95. The zero-order valence-electron chi connectivity index (χ0n) is 19.3. The third-order valence-corrected chi connectivity index (χ3v) is 6.96. The molecule has 3 aromatic rings. The first kappa shape index (κ1) is 22.5. The summed E-state index contributed by atoms with van der Waals surface area (Å²) in [6.07, 6.45) is 0.581. The molecule has 3 aliphatic rings. The average Bonchev–Trinajstić information content (AvgIpc) is 3.57. The van der Waals surface area contributed by atoms with Gasteiger partial charge in [0.1, 0.15) is 23.5 Å². The molecule has 6 rings (SSSR count). The Kier molecular flexibility index (Phi) is 5.60. The molecule has 0 aliphatic carbocycles. The van der Waals surface area contributed by atoms with Crippen LogP contribution in [0.2, 0.25) is 5.02 Å². The fraction of sp³-hybridized carbons (Fsp3) is 0.259. The van der Waals surface area contributed by atoms with Gasteiger partial charge in [0.25, 0.3) is 5.91 Å². The highest BCUT2D eigenvalue weighted by Crippen LogP contribution is 2.54. The molecule has 36 heavy (non-hydrogen) atoms. The molecule has 0 radical (unpaired) electrons. The lowest BCUT2D eigenvalue weighted by atomic mass is 9.77. The lowest BCUT2D eigenvalue weighted by Crippen LogP contribution is -2.43. The van der Waals surface area contributed by atoms with Crippen molar-refractivity contribution in [2.24, 2.45) is 0 Å². The molecule has 3 aliphatic heterocycles. The molecule has 1 spiro atoms. The number of benzene rings is 3. The smallest absolute Gasteiger partial charge is 0.257 e. The van der Waals surface area contributed by atoms with Gasteiger partial charge in [-0.1, -0.05) is 29.8 Å². The minimum absolute atomic E-state index is 0.0429. The Labute approximate surface area is 212 Å². The highest BCUT2D eigenvalue weighted by atomic mass is 35.5. The maximum atomic E-state index is 13.9. The number of carbonyl (C=O) groups is 2. The van der Waals surface area contributed by atoms with Crippen LogP contribution in [0, 0.1) is 0 Å². The van der Waals surface area contributed by atoms with E-state index in [2.05, 4.69) is 5.32 Å². The van der Waals surface area contributed by atoms with Gasteiger partial charge in [-0.2, -0.15) is 0 Å². The summed E-state index contributed by atoms with van der Waals surface area (Å²) in [7, 11) is 0. The molecule has 8 nitrogen and oxygen atoms in total. The molecule has 2 amide bonds. The number of para-hydroxylation sites is 1. The van der Waals surface area contributed by atoms with E-state index in [1.54, 1.807) is 35.2 Å². The predicted octanol–water partition coefficient (Wildman–Crippen LogP) is 3.68. The Hall–Kier alpha value is -3.91. The molecule has 1 atom stereocenters. The Morgan fingerprint density at radius 1 is 1.00 bits per heavy atom. The molecule has 0 bridgehead atoms. The molecule has 3 heterocycles. The third kappa shape index (κ3) is 3.69. The summed E-state index contributed by atoms with van der Waals surface area (Å²) < 4.78 is 22.5. The van der Waals surface area contributed by atoms with Crippen LogP contribution in [-0.4, -0.2) is 44.9 Å². The highest BCUT2D eigenvalue weighted by Gasteiger charge is 2.57. The van der Waals surface area contributed by atoms with Crippen LogP contribution < -0.4 is 29.2 Å². The van der Waals surface area contributed by atoms with Crippen molar-refractivity contribution < 1.29 is 28.5 Å². The van der Waals surface area contributed by atoms with Gasteiger partial charge in [0, 0.05) is 35.4 Å². The molecule has 3 aromatic carbocycles. The van der Waals surface area contributed by atoms with Crippen molar-refractivity contribution in [3.8, 4) is 23.0 Å². The number of rotatable bonds is 7. The quantitative estimate of drug-likeness (QED) is 0.492. The molecule has 0 saturated heterocycles. The molecule has 0 saturated carbocycles. The van der Waals surface area contributed by atoms with E-state index in [9.17, 15) is 9.59 Å². The van der Waals surface area contributed by atoms with Crippen LogP contribution in [0.3, 0.4) is 0 Å². The van der Waals surface area contributed by atoms with E-state index >= 15 is 0 Å². The van der Waals surface area contributed by atoms with Crippen LogP contribution in [0.4, 0.5) is 5.69 Å². The molecule has 0 aromatic heterocycles.